The van der Waals surface area contributed by atoms with Crippen LogP contribution in [0.3, 0.4) is 0 Å². The average Bonchev–Trinajstić information content (AvgIpc) is 2.88. The Hall–Kier alpha value is -1.88. The average molecular weight is 274 g/mol. The van der Waals surface area contributed by atoms with Gasteiger partial charge in [-0.25, -0.2) is 4.79 Å². The highest BCUT2D eigenvalue weighted by molar-refractivity contribution is 7.05. The van der Waals surface area contributed by atoms with Crippen molar-refractivity contribution in [3.8, 4) is 0 Å². The van der Waals surface area contributed by atoms with Gasteiger partial charge in [0, 0.05) is 17.1 Å². The van der Waals surface area contributed by atoms with Crippen molar-refractivity contribution in [3.63, 3.8) is 0 Å². The van der Waals surface area contributed by atoms with Gasteiger partial charge >= 0.3 is 5.97 Å². The van der Waals surface area contributed by atoms with E-state index in [1.165, 1.54) is 22.8 Å². The molecule has 1 aromatic heterocycles. The highest BCUT2D eigenvalue weighted by Gasteiger charge is 2.18. The zero-order chi connectivity index (χ0) is 13.2. The van der Waals surface area contributed by atoms with Gasteiger partial charge in [-0.1, -0.05) is 18.2 Å². The van der Waals surface area contributed by atoms with E-state index in [1.807, 2.05) is 6.07 Å². The lowest BCUT2D eigenvalue weighted by atomic mass is 10.0. The second kappa shape index (κ2) is 5.01. The number of carbonyl (C=O) groups is 1. The van der Waals surface area contributed by atoms with E-state index in [0.29, 0.717) is 0 Å². The lowest BCUT2D eigenvalue weighted by Crippen LogP contribution is -2.28. The number of hydrogen-bond donors (Lipinski definition) is 1. The molecule has 0 saturated heterocycles. The number of aromatic carboxylic acids is 1. The molecule has 1 aromatic carbocycles. The molecule has 0 bridgehead atoms. The molecule has 0 atom stereocenters. The first-order valence-corrected chi connectivity index (χ1v) is 7.03. The van der Waals surface area contributed by atoms with E-state index in [4.69, 9.17) is 5.11 Å². The van der Waals surface area contributed by atoms with E-state index < -0.39 is 5.97 Å². The third kappa shape index (κ3) is 2.46. The van der Waals surface area contributed by atoms with Crippen LogP contribution in [0.5, 0.6) is 0 Å². The summed E-state index contributed by atoms with van der Waals surface area (Å²) in [6.07, 6.45) is 2.26. The van der Waals surface area contributed by atoms with Gasteiger partial charge in [0.2, 0.25) is 0 Å². The minimum atomic E-state index is -0.957. The molecule has 0 saturated carbocycles. The Balaban J connectivity index is 1.82. The minimum absolute atomic E-state index is 0.144. The Labute approximate surface area is 115 Å². The maximum absolute atomic E-state index is 10.8. The number of benzene rings is 1. The molecule has 0 spiro atoms. The first-order chi connectivity index (χ1) is 9.24. The maximum atomic E-state index is 10.8. The van der Waals surface area contributed by atoms with Crippen LogP contribution in [0.2, 0.25) is 0 Å². The Morgan fingerprint density at radius 3 is 3.05 bits per heavy atom. The summed E-state index contributed by atoms with van der Waals surface area (Å²) in [5, 5.41) is 8.89. The van der Waals surface area contributed by atoms with Gasteiger partial charge in [-0.05, 0) is 42.1 Å². The van der Waals surface area contributed by atoms with Gasteiger partial charge in [0.25, 0.3) is 0 Å². The first-order valence-electron chi connectivity index (χ1n) is 6.26. The molecule has 0 amide bonds. The van der Waals surface area contributed by atoms with Crippen LogP contribution < -0.4 is 4.90 Å². The van der Waals surface area contributed by atoms with Crippen LogP contribution in [0.25, 0.3) is 0 Å². The summed E-state index contributed by atoms with van der Waals surface area (Å²) < 4.78 is 3.95. The number of carboxylic acid groups (broad SMARTS) is 1. The molecule has 1 N–H and O–H groups in total. The molecule has 0 unspecified atom stereocenters. The monoisotopic (exact) mass is 274 g/mol. The van der Waals surface area contributed by atoms with Gasteiger partial charge in [0.15, 0.2) is 5.69 Å². The Kier molecular flexibility index (Phi) is 3.21. The van der Waals surface area contributed by atoms with E-state index in [1.54, 1.807) is 6.07 Å². The van der Waals surface area contributed by atoms with Gasteiger partial charge in [0.1, 0.15) is 0 Å². The maximum Gasteiger partial charge on any atom is 0.355 e. The standard InChI is InChI=1S/C14H14N2O2S/c17-14(18)12-8-11(19-15-12)9-16-7-3-5-10-4-1-2-6-13(10)16/h1-2,4,6,8H,3,5,7,9H2,(H,17,18). The number of para-hydroxylation sites is 1. The number of aryl methyl sites for hydroxylation is 1. The van der Waals surface area contributed by atoms with Crippen LogP contribution in [0, 0.1) is 0 Å². The second-order valence-electron chi connectivity index (χ2n) is 4.64. The van der Waals surface area contributed by atoms with Crippen molar-refractivity contribution < 1.29 is 9.90 Å². The molecule has 2 aromatic rings. The Morgan fingerprint density at radius 2 is 2.26 bits per heavy atom. The van der Waals surface area contributed by atoms with Crippen molar-refractivity contribution in [1.29, 1.82) is 0 Å². The van der Waals surface area contributed by atoms with Crippen LogP contribution in [-0.4, -0.2) is 22.0 Å². The fourth-order valence-corrected chi connectivity index (χ4v) is 3.18. The third-order valence-electron chi connectivity index (χ3n) is 3.33. The number of carboxylic acids is 1. The summed E-state index contributed by atoms with van der Waals surface area (Å²) in [6, 6.07) is 10.1. The number of anilines is 1. The van der Waals surface area contributed by atoms with Crippen LogP contribution >= 0.6 is 11.5 Å². The summed E-state index contributed by atoms with van der Waals surface area (Å²) in [7, 11) is 0. The number of rotatable bonds is 3. The van der Waals surface area contributed by atoms with Gasteiger partial charge in [0.05, 0.1) is 6.54 Å². The number of hydrogen-bond acceptors (Lipinski definition) is 4. The van der Waals surface area contributed by atoms with Crippen LogP contribution in [0.4, 0.5) is 5.69 Å². The van der Waals surface area contributed by atoms with Crippen LogP contribution in [0.1, 0.15) is 27.3 Å². The fraction of sp³-hybridized carbons (Fsp3) is 0.286. The molecule has 0 aliphatic carbocycles. The van der Waals surface area contributed by atoms with Gasteiger partial charge in [-0.15, -0.1) is 0 Å². The summed E-state index contributed by atoms with van der Waals surface area (Å²) in [4.78, 5) is 14.1. The van der Waals surface area contributed by atoms with Crippen LogP contribution in [0.15, 0.2) is 30.3 Å². The van der Waals surface area contributed by atoms with E-state index in [9.17, 15) is 4.79 Å². The smallest absolute Gasteiger partial charge is 0.355 e. The molecule has 0 fully saturated rings. The lowest BCUT2D eigenvalue weighted by Gasteiger charge is -2.30. The van der Waals surface area contributed by atoms with Crippen molar-refractivity contribution in [1.82, 2.24) is 4.37 Å². The highest BCUT2D eigenvalue weighted by Crippen LogP contribution is 2.28. The zero-order valence-corrected chi connectivity index (χ0v) is 11.2. The molecular formula is C14H14N2O2S. The topological polar surface area (TPSA) is 53.4 Å². The largest absolute Gasteiger partial charge is 0.476 e. The molecule has 4 nitrogen and oxygen atoms in total. The predicted molar refractivity (Wildman–Crippen MR) is 74.9 cm³/mol. The fourth-order valence-electron chi connectivity index (χ4n) is 2.45. The highest BCUT2D eigenvalue weighted by atomic mass is 32.1. The molecule has 5 heteroatoms. The second-order valence-corrected chi connectivity index (χ2v) is 5.53. The molecule has 19 heavy (non-hydrogen) atoms. The number of aromatic nitrogens is 1. The summed E-state index contributed by atoms with van der Waals surface area (Å²) in [6.45, 7) is 1.75. The van der Waals surface area contributed by atoms with Crippen LogP contribution in [-0.2, 0) is 13.0 Å². The zero-order valence-electron chi connectivity index (χ0n) is 10.4. The SMILES string of the molecule is O=C(O)c1cc(CN2CCCc3ccccc32)sn1. The first kappa shape index (κ1) is 12.2. The van der Waals surface area contributed by atoms with Gasteiger partial charge in [-0.2, -0.15) is 4.37 Å². The summed E-state index contributed by atoms with van der Waals surface area (Å²) in [5.74, 6) is -0.957. The van der Waals surface area contributed by atoms with E-state index >= 15 is 0 Å². The van der Waals surface area contributed by atoms with E-state index in [2.05, 4.69) is 27.5 Å². The van der Waals surface area contributed by atoms with Crippen molar-refractivity contribution in [2.45, 2.75) is 19.4 Å². The van der Waals surface area contributed by atoms with Gasteiger partial charge < -0.3 is 10.0 Å². The molecule has 3 rings (SSSR count). The quantitative estimate of drug-likeness (QED) is 0.935. The molecular weight excluding hydrogens is 260 g/mol. The van der Waals surface area contributed by atoms with E-state index in [0.717, 1.165) is 30.8 Å². The Morgan fingerprint density at radius 1 is 1.42 bits per heavy atom. The molecule has 2 heterocycles. The normalized spacial score (nSPS) is 14.2. The van der Waals surface area contributed by atoms with Gasteiger partial charge in [-0.3, -0.25) is 0 Å². The third-order valence-corrected chi connectivity index (χ3v) is 4.10. The summed E-state index contributed by atoms with van der Waals surface area (Å²) in [5.41, 5.74) is 2.78. The van der Waals surface area contributed by atoms with Crippen molar-refractivity contribution >= 4 is 23.2 Å². The number of nitrogens with zero attached hydrogens (tertiary/aromatic N) is 2. The summed E-state index contributed by atoms with van der Waals surface area (Å²) >= 11 is 1.27. The molecule has 0 radical (unpaired) electrons. The predicted octanol–water partition coefficient (Wildman–Crippen LogP) is 2.79. The van der Waals surface area contributed by atoms with Crippen molar-refractivity contribution in [3.05, 3.63) is 46.5 Å². The van der Waals surface area contributed by atoms with Crippen molar-refractivity contribution in [2.75, 3.05) is 11.4 Å². The van der Waals surface area contributed by atoms with Crippen molar-refractivity contribution in [2.24, 2.45) is 0 Å². The minimum Gasteiger partial charge on any atom is -0.476 e. The molecule has 98 valence electrons. The lowest BCUT2D eigenvalue weighted by molar-refractivity contribution is 0.0692. The molecule has 1 aliphatic rings. The Bertz CT molecular complexity index is 609. The molecule has 1 aliphatic heterocycles. The van der Waals surface area contributed by atoms with E-state index in [-0.39, 0.29) is 5.69 Å². The number of fused-ring (bicyclic) bond motifs is 1.